The quantitative estimate of drug-likeness (QED) is 0.581. The van der Waals surface area contributed by atoms with Crippen molar-refractivity contribution in [1.29, 1.82) is 0 Å². The van der Waals surface area contributed by atoms with Gasteiger partial charge >= 0.3 is 5.97 Å². The summed E-state index contributed by atoms with van der Waals surface area (Å²) >= 11 is 0. The van der Waals surface area contributed by atoms with Crippen LogP contribution in [0.5, 0.6) is 0 Å². The molecule has 0 aliphatic carbocycles. The van der Waals surface area contributed by atoms with Gasteiger partial charge in [0.1, 0.15) is 0 Å². The predicted octanol–water partition coefficient (Wildman–Crippen LogP) is -0.0313. The van der Waals surface area contributed by atoms with Crippen LogP contribution in [0.1, 0.15) is 24.2 Å². The molecular weight excluding hydrogens is 298 g/mol. The number of rotatable bonds is 6. The number of anilines is 1. The first kappa shape index (κ1) is 16.9. The molecule has 0 aliphatic rings. The minimum Gasteiger partial charge on any atom is -0.478 e. The average molecular weight is 315 g/mol. The van der Waals surface area contributed by atoms with Gasteiger partial charge in [-0.1, -0.05) is 0 Å². The summed E-state index contributed by atoms with van der Waals surface area (Å²) in [5.41, 5.74) is -0.146. The molecule has 0 unspecified atom stereocenters. The molecule has 1 aromatic carbocycles. The number of hydrogen-bond acceptors (Lipinski definition) is 5. The van der Waals surface area contributed by atoms with Crippen LogP contribution in [0.3, 0.4) is 0 Å². The number of carbonyl (C=O) groups is 2. The van der Waals surface area contributed by atoms with E-state index in [1.165, 1.54) is 12.1 Å². The number of benzene rings is 1. The Morgan fingerprint density at radius 2 is 1.95 bits per heavy atom. The first-order chi connectivity index (χ1) is 9.61. The Bertz CT molecular complexity index is 655. The second-order valence-electron chi connectivity index (χ2n) is 4.63. The molecule has 0 aliphatic heterocycles. The molecule has 1 rings (SSSR count). The molecule has 9 heteroatoms. The van der Waals surface area contributed by atoms with E-state index in [1.54, 1.807) is 13.8 Å². The summed E-state index contributed by atoms with van der Waals surface area (Å²) in [7, 11) is -3.99. The molecule has 1 amide bonds. The number of sulfonamides is 1. The summed E-state index contributed by atoms with van der Waals surface area (Å²) in [5.74, 6) is -1.64. The van der Waals surface area contributed by atoms with Crippen LogP contribution >= 0.6 is 0 Å². The van der Waals surface area contributed by atoms with Crippen molar-refractivity contribution in [2.45, 2.75) is 24.8 Å². The number of amides is 1. The third-order valence-corrected chi connectivity index (χ3v) is 3.35. The smallest absolute Gasteiger partial charge is 0.337 e. The molecule has 0 saturated heterocycles. The molecule has 0 spiro atoms. The molecule has 0 aromatic heterocycles. The van der Waals surface area contributed by atoms with E-state index < -0.39 is 16.0 Å². The lowest BCUT2D eigenvalue weighted by Crippen LogP contribution is -2.35. The Morgan fingerprint density at radius 3 is 2.43 bits per heavy atom. The highest BCUT2D eigenvalue weighted by molar-refractivity contribution is 7.89. The lowest BCUT2D eigenvalue weighted by Gasteiger charge is -2.12. The molecule has 116 valence electrons. The standard InChI is InChI=1S/C12H17N3O5S/c1-7(2)15-11(16)6-14-10-4-3-8(21(13,19)20)5-9(10)12(17)18/h3-5,7,14H,6H2,1-2H3,(H,15,16)(H,17,18)(H2,13,19,20). The monoisotopic (exact) mass is 315 g/mol. The van der Waals surface area contributed by atoms with Gasteiger partial charge in [0.2, 0.25) is 15.9 Å². The molecule has 0 radical (unpaired) electrons. The highest BCUT2D eigenvalue weighted by Crippen LogP contribution is 2.19. The Hall–Kier alpha value is -2.13. The van der Waals surface area contributed by atoms with Crippen molar-refractivity contribution < 1.29 is 23.1 Å². The molecule has 0 saturated carbocycles. The van der Waals surface area contributed by atoms with Crippen LogP contribution in [0.15, 0.2) is 23.1 Å². The van der Waals surface area contributed by atoms with Gasteiger partial charge in [0, 0.05) is 11.7 Å². The minimum atomic E-state index is -3.99. The maximum atomic E-state index is 11.5. The molecule has 21 heavy (non-hydrogen) atoms. The Balaban J connectivity index is 2.98. The second kappa shape index (κ2) is 6.55. The number of nitrogens with two attached hydrogens (primary N) is 1. The number of carboxylic acids is 1. The Morgan fingerprint density at radius 1 is 1.33 bits per heavy atom. The first-order valence-corrected chi connectivity index (χ1v) is 7.59. The van der Waals surface area contributed by atoms with E-state index in [0.29, 0.717) is 0 Å². The maximum absolute atomic E-state index is 11.5. The maximum Gasteiger partial charge on any atom is 0.337 e. The Kier molecular flexibility index (Phi) is 5.28. The van der Waals surface area contributed by atoms with Crippen molar-refractivity contribution in [3.8, 4) is 0 Å². The third kappa shape index (κ3) is 5.04. The fourth-order valence-corrected chi connectivity index (χ4v) is 2.12. The van der Waals surface area contributed by atoms with Crippen LogP contribution in [-0.4, -0.2) is 38.0 Å². The van der Waals surface area contributed by atoms with Crippen molar-refractivity contribution in [2.24, 2.45) is 5.14 Å². The van der Waals surface area contributed by atoms with Gasteiger partial charge in [0.05, 0.1) is 17.0 Å². The van der Waals surface area contributed by atoms with Crippen LogP contribution in [-0.2, 0) is 14.8 Å². The number of nitrogens with one attached hydrogen (secondary N) is 2. The lowest BCUT2D eigenvalue weighted by atomic mass is 10.2. The van der Waals surface area contributed by atoms with Gasteiger partial charge in [-0.3, -0.25) is 4.79 Å². The zero-order chi connectivity index (χ0) is 16.2. The molecule has 8 nitrogen and oxygen atoms in total. The zero-order valence-electron chi connectivity index (χ0n) is 11.6. The summed E-state index contributed by atoms with van der Waals surface area (Å²) in [6.45, 7) is 3.45. The summed E-state index contributed by atoms with van der Waals surface area (Å²) < 4.78 is 22.4. The fraction of sp³-hybridized carbons (Fsp3) is 0.333. The van der Waals surface area contributed by atoms with E-state index in [9.17, 15) is 18.0 Å². The molecular formula is C12H17N3O5S. The zero-order valence-corrected chi connectivity index (χ0v) is 12.4. The fourth-order valence-electron chi connectivity index (χ4n) is 1.58. The van der Waals surface area contributed by atoms with Gasteiger partial charge in [-0.15, -0.1) is 0 Å². The van der Waals surface area contributed by atoms with Crippen molar-refractivity contribution in [3.05, 3.63) is 23.8 Å². The van der Waals surface area contributed by atoms with E-state index in [1.807, 2.05) is 0 Å². The number of hydrogen-bond donors (Lipinski definition) is 4. The van der Waals surface area contributed by atoms with Crippen LogP contribution in [0.4, 0.5) is 5.69 Å². The van der Waals surface area contributed by atoms with Gasteiger partial charge in [-0.2, -0.15) is 0 Å². The molecule has 5 N–H and O–H groups in total. The summed E-state index contributed by atoms with van der Waals surface area (Å²) in [4.78, 5) is 22.3. The van der Waals surface area contributed by atoms with E-state index >= 15 is 0 Å². The largest absolute Gasteiger partial charge is 0.478 e. The Labute approximate surface area is 122 Å². The van der Waals surface area contributed by atoms with Gasteiger partial charge in [0.25, 0.3) is 0 Å². The minimum absolute atomic E-state index is 0.0389. The molecule has 1 aromatic rings. The summed E-state index contributed by atoms with van der Waals surface area (Å²) in [6.07, 6.45) is 0. The topological polar surface area (TPSA) is 139 Å². The molecule has 0 atom stereocenters. The normalized spacial score (nSPS) is 11.2. The first-order valence-electron chi connectivity index (χ1n) is 6.04. The molecule has 0 heterocycles. The van der Waals surface area contributed by atoms with Crippen LogP contribution in [0.25, 0.3) is 0 Å². The van der Waals surface area contributed by atoms with E-state index in [-0.39, 0.29) is 34.6 Å². The number of carbonyl (C=O) groups excluding carboxylic acids is 1. The van der Waals surface area contributed by atoms with Crippen LogP contribution < -0.4 is 15.8 Å². The van der Waals surface area contributed by atoms with Gasteiger partial charge in [0.15, 0.2) is 0 Å². The molecule has 0 bridgehead atoms. The van der Waals surface area contributed by atoms with Gasteiger partial charge in [-0.05, 0) is 32.0 Å². The van der Waals surface area contributed by atoms with Crippen molar-refractivity contribution in [2.75, 3.05) is 11.9 Å². The molecule has 0 fully saturated rings. The van der Waals surface area contributed by atoms with Crippen molar-refractivity contribution in [3.63, 3.8) is 0 Å². The predicted molar refractivity (Wildman–Crippen MR) is 76.5 cm³/mol. The van der Waals surface area contributed by atoms with E-state index in [2.05, 4.69) is 10.6 Å². The second-order valence-corrected chi connectivity index (χ2v) is 6.19. The van der Waals surface area contributed by atoms with Crippen LogP contribution in [0, 0.1) is 0 Å². The van der Waals surface area contributed by atoms with Crippen molar-refractivity contribution >= 4 is 27.6 Å². The summed E-state index contributed by atoms with van der Waals surface area (Å²) in [5, 5.41) is 19.3. The summed E-state index contributed by atoms with van der Waals surface area (Å²) in [6, 6.07) is 3.33. The van der Waals surface area contributed by atoms with E-state index in [0.717, 1.165) is 6.07 Å². The average Bonchev–Trinajstić information content (AvgIpc) is 2.34. The van der Waals surface area contributed by atoms with Gasteiger partial charge < -0.3 is 15.7 Å². The van der Waals surface area contributed by atoms with Crippen LogP contribution in [0.2, 0.25) is 0 Å². The van der Waals surface area contributed by atoms with E-state index in [4.69, 9.17) is 10.2 Å². The van der Waals surface area contributed by atoms with Gasteiger partial charge in [-0.25, -0.2) is 18.4 Å². The highest BCUT2D eigenvalue weighted by atomic mass is 32.2. The SMILES string of the molecule is CC(C)NC(=O)CNc1ccc(S(N)(=O)=O)cc1C(=O)O. The van der Waals surface area contributed by atoms with Crippen molar-refractivity contribution in [1.82, 2.24) is 5.32 Å². The number of primary sulfonamides is 1. The highest BCUT2D eigenvalue weighted by Gasteiger charge is 2.16. The lowest BCUT2D eigenvalue weighted by molar-refractivity contribution is -0.119. The third-order valence-electron chi connectivity index (χ3n) is 2.44. The number of carboxylic acid groups (broad SMARTS) is 1. The number of aromatic carboxylic acids is 1.